The van der Waals surface area contributed by atoms with Gasteiger partial charge in [-0.1, -0.05) is 101 Å². The fraction of sp³-hybridized carbons (Fsp3) is 0.351. The molecular weight excluding hydrogens is 1880 g/mol. The molecule has 0 bridgehead atoms. The molecule has 622 valence electrons. The molecular formula is C97H96BBr5ClN9O7S. The summed E-state index contributed by atoms with van der Waals surface area (Å²) < 4.78 is 17.5. The van der Waals surface area contributed by atoms with Crippen LogP contribution >= 0.6 is 103 Å². The largest absolute Gasteiger partial charge is 0.494 e. The van der Waals surface area contributed by atoms with E-state index in [1.165, 1.54) is 120 Å². The maximum atomic E-state index is 12.0. The summed E-state index contributed by atoms with van der Waals surface area (Å²) in [5.74, 6) is 1.88. The van der Waals surface area contributed by atoms with E-state index in [1.54, 1.807) is 29.7 Å². The fourth-order valence-electron chi connectivity index (χ4n) is 18.6. The van der Waals surface area contributed by atoms with Gasteiger partial charge in [0.25, 0.3) is 0 Å². The standard InChI is InChI=1S/C17H22BNO3.C16H13BrN2O.C16H13BrN2S.C12H14ClNO.C11H10BrNO.C11H11NO.C9H10.C5H3Br2N/c1-16(2)17(3,4)22-18(21-16)13-9-11-5-6-14(20)19-8-7-12(10-13)15(11)19;2*17-14-7-13(8-18-9-14)12-5-10-1-2-15(20)19-4-3-11(6-12)16(10)19;13-8-3-6-12(15)14-9-7-10-4-1-2-5-11(10)14;12-9-5-7-1-2-10(14)13-4-3-8(6-9)11(7)13;13-10-5-4-8-2-1-3-9-6-7-12(10)11(8)9;1-2-5-9-7-3-6-8(9)4-1;6-4-1-5(7)3-8-2-4/h9-10H,5-8H2,1-4H3;2*5-9H,1-4H2;1-2,4-5H,3,6-9H2;5-6H,1-4H2;1-3H,4-7H2;1-2,4-5H,3,6-7H2;1-3H. The second-order valence-electron chi connectivity index (χ2n) is 33.5. The molecule has 0 saturated carbocycles. The average molecular weight is 1980 g/mol. The number of nitrogens with zero attached hydrogens (tertiary/aromatic N) is 9. The van der Waals surface area contributed by atoms with Crippen molar-refractivity contribution in [1.29, 1.82) is 0 Å². The van der Waals surface area contributed by atoms with E-state index in [0.717, 1.165) is 172 Å². The number of fused-ring (bicyclic) bond motifs is 2. The van der Waals surface area contributed by atoms with Crippen molar-refractivity contribution in [3.63, 3.8) is 0 Å². The maximum Gasteiger partial charge on any atom is 0.494 e. The lowest BCUT2D eigenvalue weighted by molar-refractivity contribution is -0.119. The van der Waals surface area contributed by atoms with Crippen LogP contribution in [0.2, 0.25) is 0 Å². The first kappa shape index (κ1) is 86.4. The average Bonchev–Trinajstić information content (AvgIpc) is 1.19. The Hall–Kier alpha value is -8.10. The van der Waals surface area contributed by atoms with Gasteiger partial charge >= 0.3 is 7.12 Å². The van der Waals surface area contributed by atoms with Crippen molar-refractivity contribution < 1.29 is 33.3 Å². The van der Waals surface area contributed by atoms with Gasteiger partial charge in [-0.3, -0.25) is 38.9 Å². The number of alkyl halides is 1. The van der Waals surface area contributed by atoms with Gasteiger partial charge in [-0.25, -0.2) is 0 Å². The molecule has 13 aliphatic rings. The summed E-state index contributed by atoms with van der Waals surface area (Å²) in [5, 5.41) is 0. The van der Waals surface area contributed by atoms with Crippen LogP contribution in [0.15, 0.2) is 193 Å². The highest BCUT2D eigenvalue weighted by atomic mass is 79.9. The lowest BCUT2D eigenvalue weighted by Gasteiger charge is -2.32. The predicted octanol–water partition coefficient (Wildman–Crippen LogP) is 20.5. The van der Waals surface area contributed by atoms with Crippen LogP contribution in [0.25, 0.3) is 22.3 Å². The zero-order valence-corrected chi connectivity index (χ0v) is 78.1. The van der Waals surface area contributed by atoms with Crippen LogP contribution in [0.3, 0.4) is 0 Å². The molecule has 0 radical (unpaired) electrons. The first-order valence-corrected chi connectivity index (χ1v) is 47.1. The van der Waals surface area contributed by atoms with Crippen LogP contribution < -0.4 is 34.9 Å². The van der Waals surface area contributed by atoms with Crippen molar-refractivity contribution >= 4 is 185 Å². The van der Waals surface area contributed by atoms with E-state index in [2.05, 4.69) is 236 Å². The van der Waals surface area contributed by atoms with Gasteiger partial charge in [0.2, 0.25) is 29.5 Å². The SMILES string of the molecule is Brc1cncc(Br)c1.CC1(C)OB(c2cc3c4c(c2)CCN4C(=O)CC3)OC1(C)C.O=C(CCCCl)N1CCc2ccccc21.O=C1CCc2cc(-c3cncc(Br)c3)cc3c2N1CC3.O=C1CCc2cc(Br)cc3c2N1CC3.O=C1CCc2cccc3c2N1CC3.S=C1CCc2cc(-c3cncc(Br)c3)cc3c2N1CC3.c1ccc2c(c1)CCC2. The molecule has 15 heterocycles. The molecule has 5 amide bonds. The Balaban J connectivity index is 0.000000105. The first-order valence-electron chi connectivity index (χ1n) is 42.2. The molecule has 24 heteroatoms. The van der Waals surface area contributed by atoms with E-state index < -0.39 is 0 Å². The number of para-hydroxylation sites is 2. The molecule has 0 spiro atoms. The van der Waals surface area contributed by atoms with Crippen LogP contribution in [-0.4, -0.2) is 113 Å². The van der Waals surface area contributed by atoms with Gasteiger partial charge in [0, 0.05) is 166 Å². The van der Waals surface area contributed by atoms with Gasteiger partial charge in [-0.2, -0.15) is 0 Å². The fourth-order valence-corrected chi connectivity index (χ4v) is 21.4. The number of halogens is 6. The minimum absolute atomic E-state index is 0.195. The molecule has 23 rings (SSSR count). The Morgan fingerprint density at radius 2 is 0.736 bits per heavy atom. The van der Waals surface area contributed by atoms with E-state index in [4.69, 9.17) is 33.1 Å². The smallest absolute Gasteiger partial charge is 0.399 e. The molecule has 121 heavy (non-hydrogen) atoms. The number of aryl methyl sites for hydroxylation is 7. The van der Waals surface area contributed by atoms with E-state index in [-0.39, 0.29) is 36.0 Å². The van der Waals surface area contributed by atoms with Crippen LogP contribution in [0, 0.1) is 0 Å². The Morgan fingerprint density at radius 3 is 1.21 bits per heavy atom. The van der Waals surface area contributed by atoms with Gasteiger partial charge in [0.15, 0.2) is 0 Å². The number of pyridine rings is 3. The topological polar surface area (TPSA) is 162 Å². The summed E-state index contributed by atoms with van der Waals surface area (Å²) in [6, 6.07) is 47.0. The molecule has 1 aliphatic carbocycles. The van der Waals surface area contributed by atoms with Crippen LogP contribution in [0.1, 0.15) is 151 Å². The van der Waals surface area contributed by atoms with Crippen molar-refractivity contribution in [2.24, 2.45) is 0 Å². The summed E-state index contributed by atoms with van der Waals surface area (Å²) in [5.41, 5.74) is 30.1. The highest BCUT2D eigenvalue weighted by molar-refractivity contribution is 9.11. The predicted molar refractivity (Wildman–Crippen MR) is 508 cm³/mol. The molecule has 0 N–H and O–H groups in total. The van der Waals surface area contributed by atoms with Crippen LogP contribution in [-0.2, 0) is 117 Å². The Morgan fingerprint density at radius 1 is 0.380 bits per heavy atom. The maximum absolute atomic E-state index is 12.0. The molecule has 7 aromatic carbocycles. The van der Waals surface area contributed by atoms with Crippen LogP contribution in [0.5, 0.6) is 0 Å². The highest BCUT2D eigenvalue weighted by Crippen LogP contribution is 2.45. The van der Waals surface area contributed by atoms with Gasteiger partial charge in [-0.15, -0.1) is 11.6 Å². The van der Waals surface area contributed by atoms with E-state index >= 15 is 0 Å². The first-order chi connectivity index (χ1) is 58.4. The van der Waals surface area contributed by atoms with Crippen molar-refractivity contribution in [3.8, 4) is 22.3 Å². The molecule has 12 aliphatic heterocycles. The third-order valence-corrected chi connectivity index (χ3v) is 28.1. The lowest BCUT2D eigenvalue weighted by Crippen LogP contribution is -2.41. The zero-order chi connectivity index (χ0) is 84.4. The molecule has 3 aromatic heterocycles. The van der Waals surface area contributed by atoms with Gasteiger partial charge in [0.05, 0.1) is 38.9 Å². The van der Waals surface area contributed by atoms with Crippen molar-refractivity contribution in [3.05, 3.63) is 265 Å². The van der Waals surface area contributed by atoms with E-state index in [0.29, 0.717) is 49.8 Å². The summed E-state index contributed by atoms with van der Waals surface area (Å²) >= 11 is 28.1. The molecule has 16 nitrogen and oxygen atoms in total. The third-order valence-electron chi connectivity index (χ3n) is 25.2. The zero-order valence-electron chi connectivity index (χ0n) is 68.6. The molecule has 0 atom stereocenters. The number of thiocarbonyl (C=S) groups is 1. The molecule has 1 saturated heterocycles. The third kappa shape index (κ3) is 19.1. The summed E-state index contributed by atoms with van der Waals surface area (Å²) in [6.45, 7) is 13.6. The number of carbonyl (C=O) groups excluding carboxylic acids is 5. The Labute approximate surface area is 762 Å². The quantitative estimate of drug-likeness (QED) is 0.0881. The van der Waals surface area contributed by atoms with E-state index in [1.807, 2.05) is 67.4 Å². The summed E-state index contributed by atoms with van der Waals surface area (Å²) in [6.07, 6.45) is 30.4. The van der Waals surface area contributed by atoms with Gasteiger partial charge < -0.3 is 38.7 Å². The normalized spacial score (nSPS) is 17.7. The van der Waals surface area contributed by atoms with Gasteiger partial charge in [-0.05, 0) is 337 Å². The van der Waals surface area contributed by atoms with E-state index in [9.17, 15) is 24.0 Å². The number of hydrogen-bond acceptors (Lipinski definition) is 11. The second-order valence-corrected chi connectivity index (χ2v) is 38.9. The molecule has 1 fully saturated rings. The van der Waals surface area contributed by atoms with Crippen molar-refractivity contribution in [1.82, 2.24) is 15.0 Å². The number of hydrogen-bond donors (Lipinski definition) is 0. The number of rotatable bonds is 6. The monoisotopic (exact) mass is 1970 g/mol. The number of anilines is 6. The second kappa shape index (κ2) is 37.8. The van der Waals surface area contributed by atoms with Gasteiger partial charge in [0.1, 0.15) is 0 Å². The minimum atomic E-state index is -0.323. The molecule has 10 aromatic rings. The highest BCUT2D eigenvalue weighted by Gasteiger charge is 2.52. The number of benzene rings is 7. The number of carbonyl (C=O) groups is 5. The molecule has 0 unspecified atom stereocenters. The number of amides is 5. The Bertz CT molecular complexity index is 5530. The minimum Gasteiger partial charge on any atom is -0.399 e. The van der Waals surface area contributed by atoms with Crippen LogP contribution in [0.4, 0.5) is 34.1 Å². The van der Waals surface area contributed by atoms with Crippen molar-refractivity contribution in [2.75, 3.05) is 74.5 Å². The van der Waals surface area contributed by atoms with Crippen molar-refractivity contribution in [2.45, 2.75) is 174 Å². The lowest BCUT2D eigenvalue weighted by atomic mass is 9.76. The summed E-state index contributed by atoms with van der Waals surface area (Å²) in [4.78, 5) is 84.5. The summed E-state index contributed by atoms with van der Waals surface area (Å²) in [7, 11) is -0.321. The Kier molecular flexibility index (Phi) is 27.0. The number of aromatic nitrogens is 3.